The standard InChI is InChI=1S/C21H19F3N2/c22-21(23,24)18-10-8-17(9-11-18)20-19-7-4-12-25(19)13-14-26(20)15-16-5-2-1-3-6-16/h1-12,20H,13-15H2/t20-/m1/s1. The van der Waals surface area contributed by atoms with Gasteiger partial charge in [-0.1, -0.05) is 42.5 Å². The molecule has 1 aliphatic heterocycles. The molecule has 1 aromatic heterocycles. The van der Waals surface area contributed by atoms with E-state index in [0.29, 0.717) is 0 Å². The van der Waals surface area contributed by atoms with Crippen LogP contribution in [0.5, 0.6) is 0 Å². The molecule has 2 heterocycles. The number of halogens is 3. The molecule has 2 nitrogen and oxygen atoms in total. The number of alkyl halides is 3. The zero-order valence-electron chi connectivity index (χ0n) is 14.2. The highest BCUT2D eigenvalue weighted by atomic mass is 19.4. The molecule has 0 bridgehead atoms. The molecule has 0 spiro atoms. The largest absolute Gasteiger partial charge is 0.416 e. The summed E-state index contributed by atoms with van der Waals surface area (Å²) >= 11 is 0. The van der Waals surface area contributed by atoms with E-state index in [4.69, 9.17) is 0 Å². The molecule has 0 amide bonds. The van der Waals surface area contributed by atoms with E-state index >= 15 is 0 Å². The lowest BCUT2D eigenvalue weighted by Crippen LogP contribution is -2.37. The molecule has 0 saturated carbocycles. The average molecular weight is 356 g/mol. The molecule has 4 rings (SSSR count). The lowest BCUT2D eigenvalue weighted by atomic mass is 9.98. The molecule has 0 fully saturated rings. The molecule has 3 aromatic rings. The Morgan fingerprint density at radius 1 is 0.846 bits per heavy atom. The number of fused-ring (bicyclic) bond motifs is 1. The topological polar surface area (TPSA) is 8.17 Å². The molecular formula is C21H19F3N2. The van der Waals surface area contributed by atoms with Crippen molar-refractivity contribution in [3.63, 3.8) is 0 Å². The second-order valence-corrected chi connectivity index (χ2v) is 6.60. The van der Waals surface area contributed by atoms with Crippen molar-refractivity contribution in [2.45, 2.75) is 25.3 Å². The number of rotatable bonds is 3. The summed E-state index contributed by atoms with van der Waals surface area (Å²) in [7, 11) is 0. The first-order valence-electron chi connectivity index (χ1n) is 8.62. The molecule has 1 atom stereocenters. The summed E-state index contributed by atoms with van der Waals surface area (Å²) in [4.78, 5) is 2.33. The summed E-state index contributed by atoms with van der Waals surface area (Å²) in [5.74, 6) is 0. The van der Waals surface area contributed by atoms with E-state index in [1.807, 2.05) is 30.5 Å². The first-order chi connectivity index (χ1) is 12.5. The zero-order chi connectivity index (χ0) is 18.1. The van der Waals surface area contributed by atoms with Crippen LogP contribution in [0.2, 0.25) is 0 Å². The second-order valence-electron chi connectivity index (χ2n) is 6.60. The van der Waals surface area contributed by atoms with E-state index in [0.717, 1.165) is 30.9 Å². The normalized spacial score (nSPS) is 17.9. The first-order valence-corrected chi connectivity index (χ1v) is 8.62. The molecular weight excluding hydrogens is 337 g/mol. The third kappa shape index (κ3) is 3.27. The van der Waals surface area contributed by atoms with Crippen LogP contribution < -0.4 is 0 Å². The molecule has 26 heavy (non-hydrogen) atoms. The minimum Gasteiger partial charge on any atom is -0.348 e. The Morgan fingerprint density at radius 2 is 1.58 bits per heavy atom. The van der Waals surface area contributed by atoms with Crippen molar-refractivity contribution < 1.29 is 13.2 Å². The number of hydrogen-bond donors (Lipinski definition) is 0. The first kappa shape index (κ1) is 16.9. The molecule has 0 aliphatic carbocycles. The minimum absolute atomic E-state index is 0.0544. The maximum absolute atomic E-state index is 12.9. The molecule has 5 heteroatoms. The van der Waals surface area contributed by atoms with Gasteiger partial charge in [-0.3, -0.25) is 4.90 Å². The van der Waals surface area contributed by atoms with Gasteiger partial charge >= 0.3 is 6.18 Å². The van der Waals surface area contributed by atoms with Gasteiger partial charge in [-0.15, -0.1) is 0 Å². The molecule has 0 N–H and O–H groups in total. The van der Waals surface area contributed by atoms with Crippen molar-refractivity contribution in [3.8, 4) is 0 Å². The van der Waals surface area contributed by atoms with E-state index < -0.39 is 11.7 Å². The van der Waals surface area contributed by atoms with Crippen LogP contribution in [-0.4, -0.2) is 16.0 Å². The maximum Gasteiger partial charge on any atom is 0.416 e. The van der Waals surface area contributed by atoms with Crippen molar-refractivity contribution in [1.29, 1.82) is 0 Å². The number of benzene rings is 2. The Bertz CT molecular complexity index is 866. The number of nitrogens with zero attached hydrogens (tertiary/aromatic N) is 2. The van der Waals surface area contributed by atoms with Crippen LogP contribution in [0.25, 0.3) is 0 Å². The Morgan fingerprint density at radius 3 is 2.27 bits per heavy atom. The van der Waals surface area contributed by atoms with Gasteiger partial charge in [0.15, 0.2) is 0 Å². The lowest BCUT2D eigenvalue weighted by Gasteiger charge is -2.37. The van der Waals surface area contributed by atoms with E-state index in [1.165, 1.54) is 17.7 Å². The van der Waals surface area contributed by atoms with Gasteiger partial charge in [0.2, 0.25) is 0 Å². The van der Waals surface area contributed by atoms with Crippen LogP contribution in [0, 0.1) is 0 Å². The van der Waals surface area contributed by atoms with Crippen molar-refractivity contribution in [2.24, 2.45) is 0 Å². The smallest absolute Gasteiger partial charge is 0.348 e. The fourth-order valence-corrected chi connectivity index (χ4v) is 3.66. The SMILES string of the molecule is FC(F)(F)c1ccc([C@@H]2c3cccn3CCN2Cc2ccccc2)cc1. The predicted octanol–water partition coefficient (Wildman–Crippen LogP) is 5.11. The van der Waals surface area contributed by atoms with Gasteiger partial charge in [0, 0.05) is 31.5 Å². The van der Waals surface area contributed by atoms with Crippen LogP contribution in [-0.2, 0) is 19.3 Å². The monoisotopic (exact) mass is 356 g/mol. The summed E-state index contributed by atoms with van der Waals surface area (Å²) in [5, 5.41) is 0. The summed E-state index contributed by atoms with van der Waals surface area (Å²) in [6, 6.07) is 19.7. The zero-order valence-corrected chi connectivity index (χ0v) is 14.2. The molecule has 0 unspecified atom stereocenters. The highest BCUT2D eigenvalue weighted by molar-refractivity contribution is 5.33. The third-order valence-electron chi connectivity index (χ3n) is 4.92. The van der Waals surface area contributed by atoms with Gasteiger partial charge in [0.05, 0.1) is 11.6 Å². The molecule has 0 radical (unpaired) electrons. The van der Waals surface area contributed by atoms with Gasteiger partial charge in [0.25, 0.3) is 0 Å². The van der Waals surface area contributed by atoms with Gasteiger partial charge in [-0.2, -0.15) is 13.2 Å². The highest BCUT2D eigenvalue weighted by Crippen LogP contribution is 2.35. The van der Waals surface area contributed by atoms with Gasteiger partial charge in [-0.05, 0) is 35.4 Å². The third-order valence-corrected chi connectivity index (χ3v) is 4.92. The minimum atomic E-state index is -4.31. The van der Waals surface area contributed by atoms with Crippen molar-refractivity contribution in [2.75, 3.05) is 6.54 Å². The Hall–Kier alpha value is -2.53. The highest BCUT2D eigenvalue weighted by Gasteiger charge is 2.32. The number of aromatic nitrogens is 1. The lowest BCUT2D eigenvalue weighted by molar-refractivity contribution is -0.137. The Balaban J connectivity index is 1.69. The van der Waals surface area contributed by atoms with Crippen molar-refractivity contribution in [1.82, 2.24) is 9.47 Å². The van der Waals surface area contributed by atoms with Crippen LogP contribution in [0.1, 0.15) is 28.4 Å². The van der Waals surface area contributed by atoms with Crippen LogP contribution in [0.15, 0.2) is 72.9 Å². The van der Waals surface area contributed by atoms with Gasteiger partial charge in [0.1, 0.15) is 0 Å². The fourth-order valence-electron chi connectivity index (χ4n) is 3.66. The van der Waals surface area contributed by atoms with Crippen LogP contribution >= 0.6 is 0 Å². The van der Waals surface area contributed by atoms with Crippen molar-refractivity contribution >= 4 is 0 Å². The predicted molar refractivity (Wildman–Crippen MR) is 94.6 cm³/mol. The van der Waals surface area contributed by atoms with E-state index in [2.05, 4.69) is 27.7 Å². The van der Waals surface area contributed by atoms with Crippen molar-refractivity contribution in [3.05, 3.63) is 95.3 Å². The average Bonchev–Trinajstić information content (AvgIpc) is 3.10. The Labute approximate surface area is 150 Å². The van der Waals surface area contributed by atoms with E-state index in [-0.39, 0.29) is 6.04 Å². The second kappa shape index (κ2) is 6.65. The van der Waals surface area contributed by atoms with Gasteiger partial charge < -0.3 is 4.57 Å². The van der Waals surface area contributed by atoms with E-state index in [9.17, 15) is 13.2 Å². The van der Waals surface area contributed by atoms with Crippen LogP contribution in [0.3, 0.4) is 0 Å². The molecule has 134 valence electrons. The van der Waals surface area contributed by atoms with E-state index in [1.54, 1.807) is 12.1 Å². The Kier molecular flexibility index (Phi) is 4.32. The van der Waals surface area contributed by atoms with Gasteiger partial charge in [-0.25, -0.2) is 0 Å². The quantitative estimate of drug-likeness (QED) is 0.633. The molecule has 0 saturated heterocycles. The molecule has 1 aliphatic rings. The maximum atomic E-state index is 12.9. The van der Waals surface area contributed by atoms with Crippen LogP contribution in [0.4, 0.5) is 13.2 Å². The molecule has 2 aromatic carbocycles. The summed E-state index contributed by atoms with van der Waals surface area (Å²) < 4.78 is 40.9. The summed E-state index contributed by atoms with van der Waals surface area (Å²) in [5.41, 5.74) is 2.59. The summed E-state index contributed by atoms with van der Waals surface area (Å²) in [6.45, 7) is 2.49. The number of hydrogen-bond acceptors (Lipinski definition) is 1. The summed E-state index contributed by atoms with van der Waals surface area (Å²) in [6.07, 6.45) is -2.28. The fraction of sp³-hybridized carbons (Fsp3) is 0.238.